The molecule has 1 aliphatic heterocycles. The summed E-state index contributed by atoms with van der Waals surface area (Å²) < 4.78 is 11.7. The Balaban J connectivity index is 2.41. The predicted molar refractivity (Wildman–Crippen MR) is 128 cm³/mol. The molecule has 33 heavy (non-hydrogen) atoms. The SMILES string of the molecule is CCC(=O)N1C[C@H](C)[C@H](OC)CN(C)C(=O)c2cc(NC(=O)NC(C)C)ccc2OC[C@H]1C. The molecule has 0 spiro atoms. The lowest BCUT2D eigenvalue weighted by Crippen LogP contribution is -2.48. The summed E-state index contributed by atoms with van der Waals surface area (Å²) in [7, 11) is 3.33. The highest BCUT2D eigenvalue weighted by atomic mass is 16.5. The van der Waals surface area contributed by atoms with E-state index < -0.39 is 0 Å². The predicted octanol–water partition coefficient (Wildman–Crippen LogP) is 2.96. The number of hydrogen-bond donors (Lipinski definition) is 2. The number of rotatable bonds is 4. The van der Waals surface area contributed by atoms with Gasteiger partial charge in [-0.05, 0) is 39.0 Å². The zero-order valence-electron chi connectivity index (χ0n) is 20.8. The van der Waals surface area contributed by atoms with Crippen molar-refractivity contribution in [1.82, 2.24) is 15.1 Å². The zero-order chi connectivity index (χ0) is 24.7. The smallest absolute Gasteiger partial charge is 0.319 e. The number of ether oxygens (including phenoxy) is 2. The van der Waals surface area contributed by atoms with Crippen molar-refractivity contribution in [2.75, 3.05) is 39.2 Å². The highest BCUT2D eigenvalue weighted by molar-refractivity contribution is 5.99. The summed E-state index contributed by atoms with van der Waals surface area (Å²) in [4.78, 5) is 41.5. The van der Waals surface area contributed by atoms with Crippen molar-refractivity contribution in [2.24, 2.45) is 5.92 Å². The molecule has 2 N–H and O–H groups in total. The number of amides is 4. The summed E-state index contributed by atoms with van der Waals surface area (Å²) in [5.41, 5.74) is 0.820. The van der Waals surface area contributed by atoms with E-state index in [-0.39, 0.29) is 48.6 Å². The first-order valence-corrected chi connectivity index (χ1v) is 11.5. The summed E-state index contributed by atoms with van der Waals surface area (Å²) in [6.07, 6.45) is 0.150. The van der Waals surface area contributed by atoms with Crippen LogP contribution in [0.25, 0.3) is 0 Å². The molecule has 3 atom stereocenters. The van der Waals surface area contributed by atoms with Gasteiger partial charge in [0.2, 0.25) is 5.91 Å². The van der Waals surface area contributed by atoms with Crippen LogP contribution in [0.3, 0.4) is 0 Å². The highest BCUT2D eigenvalue weighted by Crippen LogP contribution is 2.26. The molecule has 9 heteroatoms. The van der Waals surface area contributed by atoms with Crippen LogP contribution in [-0.2, 0) is 9.53 Å². The average molecular weight is 463 g/mol. The fourth-order valence-electron chi connectivity index (χ4n) is 3.83. The van der Waals surface area contributed by atoms with E-state index in [1.54, 1.807) is 37.3 Å². The molecule has 0 saturated heterocycles. The molecule has 2 rings (SSSR count). The second-order valence-electron chi connectivity index (χ2n) is 8.96. The Bertz CT molecular complexity index is 844. The average Bonchev–Trinajstić information content (AvgIpc) is 2.77. The lowest BCUT2D eigenvalue weighted by atomic mass is 10.0. The first-order chi connectivity index (χ1) is 15.6. The van der Waals surface area contributed by atoms with Gasteiger partial charge in [0, 0.05) is 51.3 Å². The van der Waals surface area contributed by atoms with E-state index in [0.29, 0.717) is 36.5 Å². The molecular weight excluding hydrogens is 424 g/mol. The van der Waals surface area contributed by atoms with Gasteiger partial charge in [-0.15, -0.1) is 0 Å². The van der Waals surface area contributed by atoms with Gasteiger partial charge >= 0.3 is 6.03 Å². The fraction of sp³-hybridized carbons (Fsp3) is 0.625. The maximum atomic E-state index is 13.3. The van der Waals surface area contributed by atoms with Crippen LogP contribution < -0.4 is 15.4 Å². The number of likely N-dealkylation sites (N-methyl/N-ethyl adjacent to an activating group) is 1. The number of nitrogens with one attached hydrogen (secondary N) is 2. The lowest BCUT2D eigenvalue weighted by Gasteiger charge is -2.36. The standard InChI is InChI=1S/C24H38N4O5/c1-8-22(29)28-12-16(4)21(32-7)13-27(6)23(30)19-11-18(26-24(31)25-15(2)3)9-10-20(19)33-14-17(28)5/h9-11,15-17,21H,8,12-14H2,1-7H3,(H2,25,26,31)/t16-,17+,21+/m0/s1. The quantitative estimate of drug-likeness (QED) is 0.717. The van der Waals surface area contributed by atoms with Crippen molar-refractivity contribution in [3.05, 3.63) is 23.8 Å². The van der Waals surface area contributed by atoms with Gasteiger partial charge in [-0.2, -0.15) is 0 Å². The van der Waals surface area contributed by atoms with E-state index in [2.05, 4.69) is 10.6 Å². The summed E-state index contributed by atoms with van der Waals surface area (Å²) in [5, 5.41) is 5.52. The summed E-state index contributed by atoms with van der Waals surface area (Å²) >= 11 is 0. The molecule has 0 fully saturated rings. The molecule has 1 aromatic rings. The normalized spacial score (nSPS) is 22.1. The first kappa shape index (κ1) is 26.4. The van der Waals surface area contributed by atoms with Crippen molar-refractivity contribution < 1.29 is 23.9 Å². The highest BCUT2D eigenvalue weighted by Gasteiger charge is 2.30. The van der Waals surface area contributed by atoms with Crippen molar-refractivity contribution in [3.63, 3.8) is 0 Å². The number of carbonyl (C=O) groups is 3. The summed E-state index contributed by atoms with van der Waals surface area (Å²) in [6, 6.07) is 4.42. The Labute approximate surface area is 196 Å². The van der Waals surface area contributed by atoms with Crippen LogP contribution in [0.15, 0.2) is 18.2 Å². The number of fused-ring (bicyclic) bond motifs is 1. The van der Waals surface area contributed by atoms with E-state index >= 15 is 0 Å². The molecule has 0 aliphatic carbocycles. The second-order valence-corrected chi connectivity index (χ2v) is 8.96. The molecule has 0 radical (unpaired) electrons. The number of urea groups is 1. The molecule has 184 valence electrons. The minimum Gasteiger partial charge on any atom is -0.491 e. The maximum Gasteiger partial charge on any atom is 0.319 e. The van der Waals surface area contributed by atoms with E-state index in [1.807, 2.05) is 39.5 Å². The van der Waals surface area contributed by atoms with E-state index in [9.17, 15) is 14.4 Å². The monoisotopic (exact) mass is 462 g/mol. The van der Waals surface area contributed by atoms with Crippen molar-refractivity contribution in [2.45, 2.75) is 59.2 Å². The minimum atomic E-state index is -0.351. The zero-order valence-corrected chi connectivity index (χ0v) is 20.8. The van der Waals surface area contributed by atoms with Crippen LogP contribution in [0, 0.1) is 5.92 Å². The Morgan fingerprint density at radius 3 is 2.55 bits per heavy atom. The van der Waals surface area contributed by atoms with Gasteiger partial charge < -0.3 is 29.9 Å². The largest absolute Gasteiger partial charge is 0.491 e. The van der Waals surface area contributed by atoms with Gasteiger partial charge in [-0.3, -0.25) is 9.59 Å². The van der Waals surface area contributed by atoms with Gasteiger partial charge in [0.15, 0.2) is 0 Å². The second kappa shape index (κ2) is 11.9. The Kier molecular flexibility index (Phi) is 9.52. The number of hydrogen-bond acceptors (Lipinski definition) is 5. The van der Waals surface area contributed by atoms with Gasteiger partial charge in [0.25, 0.3) is 5.91 Å². The van der Waals surface area contributed by atoms with Gasteiger partial charge in [0.1, 0.15) is 12.4 Å². The van der Waals surface area contributed by atoms with Gasteiger partial charge in [0.05, 0.1) is 17.7 Å². The first-order valence-electron chi connectivity index (χ1n) is 11.5. The minimum absolute atomic E-state index is 0.00910. The third-order valence-electron chi connectivity index (χ3n) is 5.75. The molecule has 1 aromatic carbocycles. The Morgan fingerprint density at radius 1 is 1.24 bits per heavy atom. The molecule has 1 aliphatic rings. The summed E-state index contributed by atoms with van der Waals surface area (Å²) in [6.45, 7) is 10.6. The van der Waals surface area contributed by atoms with Crippen LogP contribution in [-0.4, -0.2) is 79.7 Å². The summed E-state index contributed by atoms with van der Waals surface area (Å²) in [5.74, 6) is 0.224. The number of nitrogens with zero attached hydrogens (tertiary/aromatic N) is 2. The van der Waals surface area contributed by atoms with Gasteiger partial charge in [-0.1, -0.05) is 13.8 Å². The van der Waals surface area contributed by atoms with E-state index in [4.69, 9.17) is 9.47 Å². The van der Waals surface area contributed by atoms with E-state index in [1.165, 1.54) is 0 Å². The number of benzene rings is 1. The van der Waals surface area contributed by atoms with Gasteiger partial charge in [-0.25, -0.2) is 4.79 Å². The molecule has 0 aromatic heterocycles. The molecule has 0 bridgehead atoms. The Hall–Kier alpha value is -2.81. The van der Waals surface area contributed by atoms with E-state index in [0.717, 1.165) is 0 Å². The molecule has 1 heterocycles. The number of methoxy groups -OCH3 is 1. The fourth-order valence-corrected chi connectivity index (χ4v) is 3.83. The molecular formula is C24H38N4O5. The number of anilines is 1. The van der Waals surface area contributed by atoms with Crippen LogP contribution >= 0.6 is 0 Å². The van der Waals surface area contributed by atoms with Crippen LogP contribution in [0.5, 0.6) is 5.75 Å². The molecule has 0 unspecified atom stereocenters. The van der Waals surface area contributed by atoms with Crippen molar-refractivity contribution >= 4 is 23.5 Å². The molecule has 0 saturated carbocycles. The maximum absolute atomic E-state index is 13.3. The third-order valence-corrected chi connectivity index (χ3v) is 5.75. The molecule has 9 nitrogen and oxygen atoms in total. The van der Waals surface area contributed by atoms with Crippen molar-refractivity contribution in [3.8, 4) is 5.75 Å². The van der Waals surface area contributed by atoms with Crippen LogP contribution in [0.2, 0.25) is 0 Å². The Morgan fingerprint density at radius 2 is 1.94 bits per heavy atom. The number of carbonyl (C=O) groups excluding carboxylic acids is 3. The van der Waals surface area contributed by atoms with Crippen molar-refractivity contribution in [1.29, 1.82) is 0 Å². The topological polar surface area (TPSA) is 100 Å². The lowest BCUT2D eigenvalue weighted by molar-refractivity contribution is -0.135. The molecule has 4 amide bonds. The third kappa shape index (κ3) is 7.08. The van der Waals surface area contributed by atoms with Crippen LogP contribution in [0.4, 0.5) is 10.5 Å². The van der Waals surface area contributed by atoms with Crippen LogP contribution in [0.1, 0.15) is 51.4 Å².